The Labute approximate surface area is 89.0 Å². The lowest BCUT2D eigenvalue weighted by molar-refractivity contribution is -0.0171. The van der Waals surface area contributed by atoms with Gasteiger partial charge in [0.1, 0.15) is 0 Å². The van der Waals surface area contributed by atoms with E-state index in [2.05, 4.69) is 27.7 Å². The van der Waals surface area contributed by atoms with E-state index in [1.165, 1.54) is 6.42 Å². The van der Waals surface area contributed by atoms with Gasteiger partial charge >= 0.3 is 0 Å². The summed E-state index contributed by atoms with van der Waals surface area (Å²) in [5, 5.41) is 0. The van der Waals surface area contributed by atoms with Crippen LogP contribution >= 0.6 is 0 Å². The van der Waals surface area contributed by atoms with Gasteiger partial charge in [-0.1, -0.05) is 6.42 Å². The Balaban J connectivity index is 3.32. The summed E-state index contributed by atoms with van der Waals surface area (Å²) in [6.07, 6.45) is 3.42. The van der Waals surface area contributed by atoms with Crippen molar-refractivity contribution in [2.24, 2.45) is 5.92 Å². The van der Waals surface area contributed by atoms with Gasteiger partial charge in [0.25, 0.3) is 0 Å². The molecule has 0 aromatic rings. The van der Waals surface area contributed by atoms with E-state index in [1.54, 1.807) is 7.11 Å². The molecule has 1 atom stereocenters. The molecule has 0 aromatic carbocycles. The van der Waals surface area contributed by atoms with Gasteiger partial charge in [-0.3, -0.25) is 0 Å². The van der Waals surface area contributed by atoms with Crippen molar-refractivity contribution < 1.29 is 9.47 Å². The quantitative estimate of drug-likeness (QED) is 0.589. The summed E-state index contributed by atoms with van der Waals surface area (Å²) >= 11 is 0. The molecule has 0 amide bonds. The first-order valence-electron chi connectivity index (χ1n) is 5.41. The standard InChI is InChI=1S/C12H25O2/c1-11(8-6-7-9-13-5)10-14-12(2,3)4/h11H,1,6-10H2,2-5H3. The summed E-state index contributed by atoms with van der Waals surface area (Å²) in [6, 6.07) is 0. The summed E-state index contributed by atoms with van der Waals surface area (Å²) in [5.74, 6) is 0.408. The molecule has 0 aliphatic carbocycles. The Kier molecular flexibility index (Phi) is 7.20. The van der Waals surface area contributed by atoms with E-state index in [0.29, 0.717) is 5.92 Å². The molecule has 0 spiro atoms. The lowest BCUT2D eigenvalue weighted by Crippen LogP contribution is -2.22. The van der Waals surface area contributed by atoms with Crippen LogP contribution in [0.1, 0.15) is 40.0 Å². The van der Waals surface area contributed by atoms with Crippen molar-refractivity contribution in [2.45, 2.75) is 45.6 Å². The first-order chi connectivity index (χ1) is 6.45. The first kappa shape index (κ1) is 13.9. The van der Waals surface area contributed by atoms with Gasteiger partial charge in [-0.2, -0.15) is 0 Å². The van der Waals surface area contributed by atoms with E-state index in [-0.39, 0.29) is 5.60 Å². The third kappa shape index (κ3) is 10.0. The fraction of sp³-hybridized carbons (Fsp3) is 0.917. The molecule has 0 aliphatic rings. The van der Waals surface area contributed by atoms with Crippen molar-refractivity contribution in [3.63, 3.8) is 0 Å². The summed E-state index contributed by atoms with van der Waals surface area (Å²) < 4.78 is 10.6. The fourth-order valence-electron chi connectivity index (χ4n) is 1.13. The fourth-order valence-corrected chi connectivity index (χ4v) is 1.13. The van der Waals surface area contributed by atoms with Gasteiger partial charge in [-0.25, -0.2) is 0 Å². The Hall–Kier alpha value is -0.0800. The highest BCUT2D eigenvalue weighted by Gasteiger charge is 2.12. The topological polar surface area (TPSA) is 18.5 Å². The van der Waals surface area contributed by atoms with Crippen LogP contribution in [0.2, 0.25) is 0 Å². The average molecular weight is 201 g/mol. The van der Waals surface area contributed by atoms with Crippen molar-refractivity contribution in [3.05, 3.63) is 6.92 Å². The summed E-state index contributed by atoms with van der Waals surface area (Å²) in [5.41, 5.74) is -0.0392. The minimum Gasteiger partial charge on any atom is -0.385 e. The maximum atomic E-state index is 5.65. The number of ether oxygens (including phenoxy) is 2. The highest BCUT2D eigenvalue weighted by atomic mass is 16.5. The third-order valence-corrected chi connectivity index (χ3v) is 1.96. The van der Waals surface area contributed by atoms with Crippen molar-refractivity contribution in [2.75, 3.05) is 20.3 Å². The minimum atomic E-state index is -0.0392. The van der Waals surface area contributed by atoms with Crippen LogP contribution in [0.15, 0.2) is 0 Å². The molecule has 0 aliphatic heterocycles. The molecule has 0 bridgehead atoms. The molecule has 14 heavy (non-hydrogen) atoms. The van der Waals surface area contributed by atoms with Crippen molar-refractivity contribution in [1.29, 1.82) is 0 Å². The number of hydrogen-bond acceptors (Lipinski definition) is 2. The van der Waals surface area contributed by atoms with Crippen LogP contribution in [0.25, 0.3) is 0 Å². The molecule has 0 N–H and O–H groups in total. The minimum absolute atomic E-state index is 0.0392. The summed E-state index contributed by atoms with van der Waals surface area (Å²) in [4.78, 5) is 0. The average Bonchev–Trinajstić information content (AvgIpc) is 2.08. The highest BCUT2D eigenvalue weighted by Crippen LogP contribution is 2.13. The lowest BCUT2D eigenvalue weighted by atomic mass is 10.0. The van der Waals surface area contributed by atoms with Crippen LogP contribution < -0.4 is 0 Å². The van der Waals surface area contributed by atoms with E-state index >= 15 is 0 Å². The third-order valence-electron chi connectivity index (χ3n) is 1.96. The molecule has 2 nitrogen and oxygen atoms in total. The van der Waals surface area contributed by atoms with Gasteiger partial charge in [0.05, 0.1) is 12.2 Å². The largest absolute Gasteiger partial charge is 0.385 e. The smallest absolute Gasteiger partial charge is 0.0598 e. The predicted molar refractivity (Wildman–Crippen MR) is 60.3 cm³/mol. The van der Waals surface area contributed by atoms with E-state index in [9.17, 15) is 0 Å². The highest BCUT2D eigenvalue weighted by molar-refractivity contribution is 4.65. The zero-order chi connectivity index (χ0) is 11.0. The monoisotopic (exact) mass is 201 g/mol. The van der Waals surface area contributed by atoms with E-state index in [4.69, 9.17) is 9.47 Å². The van der Waals surface area contributed by atoms with Crippen molar-refractivity contribution >= 4 is 0 Å². The lowest BCUT2D eigenvalue weighted by Gasteiger charge is -2.22. The second-order valence-corrected chi connectivity index (χ2v) is 4.78. The SMILES string of the molecule is [CH2]C(CCCCOC)COC(C)(C)C. The Morgan fingerprint density at radius 2 is 1.86 bits per heavy atom. The second kappa shape index (κ2) is 7.24. The van der Waals surface area contributed by atoms with Crippen molar-refractivity contribution in [1.82, 2.24) is 0 Å². The zero-order valence-electron chi connectivity index (χ0n) is 10.1. The van der Waals surface area contributed by atoms with Crippen LogP contribution in [-0.4, -0.2) is 25.9 Å². The maximum Gasteiger partial charge on any atom is 0.0598 e. The molecule has 0 saturated heterocycles. The van der Waals surface area contributed by atoms with Gasteiger partial charge in [-0.05, 0) is 46.5 Å². The van der Waals surface area contributed by atoms with E-state index in [0.717, 1.165) is 26.1 Å². The molecule has 0 aromatic heterocycles. The molecular formula is C12H25O2. The molecule has 0 rings (SSSR count). The predicted octanol–water partition coefficient (Wildman–Crippen LogP) is 3.07. The van der Waals surface area contributed by atoms with Crippen molar-refractivity contribution in [3.8, 4) is 0 Å². The first-order valence-corrected chi connectivity index (χ1v) is 5.41. The Morgan fingerprint density at radius 3 is 2.36 bits per heavy atom. The molecule has 0 saturated carbocycles. The van der Waals surface area contributed by atoms with Crippen LogP contribution in [0.5, 0.6) is 0 Å². The summed E-state index contributed by atoms with van der Waals surface area (Å²) in [6.45, 7) is 11.9. The molecule has 1 radical (unpaired) electrons. The number of methoxy groups -OCH3 is 1. The number of rotatable bonds is 7. The van der Waals surface area contributed by atoms with Gasteiger partial charge in [0.15, 0.2) is 0 Å². The van der Waals surface area contributed by atoms with Crippen LogP contribution in [0.3, 0.4) is 0 Å². The summed E-state index contributed by atoms with van der Waals surface area (Å²) in [7, 11) is 1.74. The molecule has 0 heterocycles. The van der Waals surface area contributed by atoms with Gasteiger partial charge in [0.2, 0.25) is 0 Å². The zero-order valence-corrected chi connectivity index (χ0v) is 10.1. The normalized spacial score (nSPS) is 14.4. The Bertz CT molecular complexity index is 127. The maximum absolute atomic E-state index is 5.65. The van der Waals surface area contributed by atoms with Crippen LogP contribution in [-0.2, 0) is 9.47 Å². The molecule has 2 heteroatoms. The van der Waals surface area contributed by atoms with E-state index < -0.39 is 0 Å². The number of hydrogen-bond donors (Lipinski definition) is 0. The second-order valence-electron chi connectivity index (χ2n) is 4.78. The molecule has 85 valence electrons. The van der Waals surface area contributed by atoms with E-state index in [1.807, 2.05) is 0 Å². The van der Waals surface area contributed by atoms with Gasteiger partial charge < -0.3 is 9.47 Å². The molecule has 0 fully saturated rings. The van der Waals surface area contributed by atoms with Gasteiger partial charge in [0, 0.05) is 13.7 Å². The molecule has 1 unspecified atom stereocenters. The molecular weight excluding hydrogens is 176 g/mol. The Morgan fingerprint density at radius 1 is 1.21 bits per heavy atom. The number of unbranched alkanes of at least 4 members (excludes halogenated alkanes) is 1. The van der Waals surface area contributed by atoms with Gasteiger partial charge in [-0.15, -0.1) is 0 Å². The van der Waals surface area contributed by atoms with Crippen LogP contribution in [0.4, 0.5) is 0 Å². The van der Waals surface area contributed by atoms with Crippen LogP contribution in [0, 0.1) is 12.8 Å².